The molecule has 1 unspecified atom stereocenters. The van der Waals surface area contributed by atoms with Crippen molar-refractivity contribution in [1.29, 1.82) is 0 Å². The molecule has 0 saturated heterocycles. The van der Waals surface area contributed by atoms with E-state index in [0.29, 0.717) is 22.9 Å². The minimum absolute atomic E-state index is 0.156. The summed E-state index contributed by atoms with van der Waals surface area (Å²) in [5.74, 6) is 1.52. The zero-order valence-electron chi connectivity index (χ0n) is 18.4. The molecule has 0 radical (unpaired) electrons. The van der Waals surface area contributed by atoms with Gasteiger partial charge in [-0.1, -0.05) is 12.1 Å². The number of hydrogen-bond donors (Lipinski definition) is 2. The molecule has 1 atom stereocenters. The Morgan fingerprint density at radius 1 is 1.06 bits per heavy atom. The van der Waals surface area contributed by atoms with Crippen LogP contribution in [0.25, 0.3) is 0 Å². The number of carbonyl (C=O) groups is 2. The van der Waals surface area contributed by atoms with Gasteiger partial charge in [0.05, 0.1) is 14.2 Å². The maximum absolute atomic E-state index is 13.1. The van der Waals surface area contributed by atoms with E-state index in [1.54, 1.807) is 31.5 Å². The molecule has 9 nitrogen and oxygen atoms in total. The first-order chi connectivity index (χ1) is 15.5. The van der Waals surface area contributed by atoms with Gasteiger partial charge >= 0.3 is 0 Å². The van der Waals surface area contributed by atoms with Crippen LogP contribution in [-0.2, 0) is 11.8 Å². The normalized spacial score (nSPS) is 11.4. The maximum atomic E-state index is 13.1. The summed E-state index contributed by atoms with van der Waals surface area (Å²) in [4.78, 5) is 29.0. The van der Waals surface area contributed by atoms with Crippen LogP contribution in [0.4, 0.5) is 0 Å². The molecule has 0 aliphatic heterocycles. The fraction of sp³-hybridized carbons (Fsp3) is 0.261. The number of carbonyl (C=O) groups excluding carboxylic acids is 2. The van der Waals surface area contributed by atoms with Crippen LogP contribution in [0.5, 0.6) is 17.2 Å². The first-order valence-corrected chi connectivity index (χ1v) is 9.90. The van der Waals surface area contributed by atoms with Gasteiger partial charge in [-0.3, -0.25) is 9.59 Å². The zero-order valence-corrected chi connectivity index (χ0v) is 18.4. The lowest BCUT2D eigenvalue weighted by Gasteiger charge is -2.20. The van der Waals surface area contributed by atoms with Gasteiger partial charge in [-0.15, -0.1) is 0 Å². The molecular formula is C23H26N4O5. The molecule has 3 rings (SSSR count). The van der Waals surface area contributed by atoms with E-state index in [4.69, 9.17) is 14.2 Å². The number of nitrogens with zero attached hydrogens (tertiary/aromatic N) is 2. The third-order valence-corrected chi connectivity index (χ3v) is 4.90. The monoisotopic (exact) mass is 438 g/mol. The summed E-state index contributed by atoms with van der Waals surface area (Å²) in [5, 5.41) is 5.52. The minimum atomic E-state index is -0.483. The first kappa shape index (κ1) is 22.7. The molecule has 2 aromatic carbocycles. The highest BCUT2D eigenvalue weighted by atomic mass is 16.5. The molecule has 0 aliphatic rings. The second-order valence-corrected chi connectivity index (χ2v) is 6.90. The number of aromatic nitrogens is 2. The van der Waals surface area contributed by atoms with Crippen LogP contribution in [0, 0.1) is 0 Å². The quantitative estimate of drug-likeness (QED) is 0.530. The van der Waals surface area contributed by atoms with E-state index in [-0.39, 0.29) is 18.4 Å². The van der Waals surface area contributed by atoms with Crippen molar-refractivity contribution in [3.8, 4) is 17.2 Å². The van der Waals surface area contributed by atoms with E-state index in [9.17, 15) is 9.59 Å². The summed E-state index contributed by atoms with van der Waals surface area (Å²) in [6.45, 7) is -0.156. The second kappa shape index (κ2) is 10.3. The highest BCUT2D eigenvalue weighted by molar-refractivity contribution is 5.95. The van der Waals surface area contributed by atoms with E-state index in [2.05, 4.69) is 15.6 Å². The Kier molecular flexibility index (Phi) is 7.33. The van der Waals surface area contributed by atoms with Crippen LogP contribution >= 0.6 is 0 Å². The number of aryl methyl sites for hydroxylation is 1. The minimum Gasteiger partial charge on any atom is -0.497 e. The molecule has 32 heavy (non-hydrogen) atoms. The third kappa shape index (κ3) is 5.18. The number of rotatable bonds is 9. The Bertz CT molecular complexity index is 1080. The molecule has 1 heterocycles. The van der Waals surface area contributed by atoms with Crippen LogP contribution in [0.15, 0.2) is 54.9 Å². The Morgan fingerprint density at radius 2 is 1.81 bits per heavy atom. The lowest BCUT2D eigenvalue weighted by Crippen LogP contribution is -2.31. The number of ether oxygens (including phenoxy) is 3. The number of benzene rings is 2. The van der Waals surface area contributed by atoms with E-state index in [0.717, 1.165) is 11.3 Å². The molecule has 1 aromatic heterocycles. The number of likely N-dealkylation sites (N-methyl/N-ethyl adjacent to an activating group) is 1. The molecule has 0 fully saturated rings. The Balaban J connectivity index is 1.85. The topological polar surface area (TPSA) is 104 Å². The van der Waals surface area contributed by atoms with Crippen molar-refractivity contribution < 1.29 is 23.8 Å². The second-order valence-electron chi connectivity index (χ2n) is 6.90. The highest BCUT2D eigenvalue weighted by Gasteiger charge is 2.22. The fourth-order valence-corrected chi connectivity index (χ4v) is 3.11. The highest BCUT2D eigenvalue weighted by Crippen LogP contribution is 2.29. The average Bonchev–Trinajstić information content (AvgIpc) is 3.26. The van der Waals surface area contributed by atoms with Crippen molar-refractivity contribution in [3.63, 3.8) is 0 Å². The van der Waals surface area contributed by atoms with Gasteiger partial charge in [0.1, 0.15) is 17.6 Å². The molecule has 2 amide bonds. The van der Waals surface area contributed by atoms with Gasteiger partial charge in [-0.25, -0.2) is 4.98 Å². The lowest BCUT2D eigenvalue weighted by molar-refractivity contribution is -0.122. The van der Waals surface area contributed by atoms with Crippen LogP contribution < -0.4 is 24.8 Å². The van der Waals surface area contributed by atoms with Gasteiger partial charge in [0.15, 0.2) is 18.1 Å². The predicted octanol–water partition coefficient (Wildman–Crippen LogP) is 2.08. The van der Waals surface area contributed by atoms with Crippen molar-refractivity contribution >= 4 is 11.8 Å². The van der Waals surface area contributed by atoms with Crippen molar-refractivity contribution in [2.75, 3.05) is 27.9 Å². The SMILES string of the molecule is CNC(=O)COc1ccc(C(=O)NC(c2ccc(OC)cc2)c2nccn2C)cc1OC. The molecule has 0 bridgehead atoms. The van der Waals surface area contributed by atoms with Gasteiger partial charge in [-0.05, 0) is 35.9 Å². The smallest absolute Gasteiger partial charge is 0.257 e. The van der Waals surface area contributed by atoms with Gasteiger partial charge in [0.25, 0.3) is 11.8 Å². The largest absolute Gasteiger partial charge is 0.497 e. The summed E-state index contributed by atoms with van der Waals surface area (Å²) in [5.41, 5.74) is 1.23. The maximum Gasteiger partial charge on any atom is 0.257 e. The van der Waals surface area contributed by atoms with E-state index in [1.165, 1.54) is 14.2 Å². The number of nitrogens with one attached hydrogen (secondary N) is 2. The number of amides is 2. The lowest BCUT2D eigenvalue weighted by atomic mass is 10.0. The number of methoxy groups -OCH3 is 2. The summed E-state index contributed by atoms with van der Waals surface area (Å²) >= 11 is 0. The zero-order chi connectivity index (χ0) is 23.1. The first-order valence-electron chi connectivity index (χ1n) is 9.90. The standard InChI is InChI=1S/C23H26N4O5/c1-24-20(28)14-32-18-10-7-16(13-19(18)31-4)23(29)26-21(22-25-11-12-27(22)2)15-5-8-17(30-3)9-6-15/h5-13,21H,14H2,1-4H3,(H,24,28)(H,26,29). The molecule has 168 valence electrons. The third-order valence-electron chi connectivity index (χ3n) is 4.90. The molecule has 0 saturated carbocycles. The van der Waals surface area contributed by atoms with Crippen LogP contribution in [-0.4, -0.2) is 49.2 Å². The van der Waals surface area contributed by atoms with Gasteiger partial charge < -0.3 is 29.4 Å². The summed E-state index contributed by atoms with van der Waals surface area (Å²) < 4.78 is 17.9. The predicted molar refractivity (Wildman–Crippen MR) is 118 cm³/mol. The molecule has 0 spiro atoms. The summed E-state index contributed by atoms with van der Waals surface area (Å²) in [6, 6.07) is 11.7. The average molecular weight is 438 g/mol. The summed E-state index contributed by atoms with van der Waals surface area (Å²) in [6.07, 6.45) is 3.50. The van der Waals surface area contributed by atoms with Crippen molar-refractivity contribution in [1.82, 2.24) is 20.2 Å². The van der Waals surface area contributed by atoms with Crippen molar-refractivity contribution in [3.05, 3.63) is 71.8 Å². The molecular weight excluding hydrogens is 412 g/mol. The van der Waals surface area contributed by atoms with Crippen LogP contribution in [0.2, 0.25) is 0 Å². The van der Waals surface area contributed by atoms with Crippen molar-refractivity contribution in [2.24, 2.45) is 7.05 Å². The molecule has 2 N–H and O–H groups in total. The fourth-order valence-electron chi connectivity index (χ4n) is 3.11. The van der Waals surface area contributed by atoms with E-state index in [1.807, 2.05) is 42.1 Å². The van der Waals surface area contributed by atoms with E-state index >= 15 is 0 Å². The van der Waals surface area contributed by atoms with Crippen LogP contribution in [0.1, 0.15) is 27.8 Å². The van der Waals surface area contributed by atoms with Gasteiger partial charge in [0, 0.05) is 32.1 Å². The molecule has 0 aliphatic carbocycles. The Hall–Kier alpha value is -4.01. The Morgan fingerprint density at radius 3 is 2.41 bits per heavy atom. The molecule has 9 heteroatoms. The van der Waals surface area contributed by atoms with Gasteiger partial charge in [-0.2, -0.15) is 0 Å². The van der Waals surface area contributed by atoms with E-state index < -0.39 is 6.04 Å². The van der Waals surface area contributed by atoms with Crippen LogP contribution in [0.3, 0.4) is 0 Å². The van der Waals surface area contributed by atoms with Crippen molar-refractivity contribution in [2.45, 2.75) is 6.04 Å². The number of imidazole rings is 1. The Labute approximate surface area is 186 Å². The molecule has 3 aromatic rings. The van der Waals surface area contributed by atoms with Gasteiger partial charge in [0.2, 0.25) is 0 Å². The number of hydrogen-bond acceptors (Lipinski definition) is 6. The summed E-state index contributed by atoms with van der Waals surface area (Å²) in [7, 11) is 6.46.